The Morgan fingerprint density at radius 2 is 2.00 bits per heavy atom. The smallest absolute Gasteiger partial charge is 0.0625 e. The summed E-state index contributed by atoms with van der Waals surface area (Å²) in [5, 5.41) is 8.96. The van der Waals surface area contributed by atoms with Crippen LogP contribution in [0, 0.1) is 28.6 Å². The topological polar surface area (TPSA) is 23.8 Å². The van der Waals surface area contributed by atoms with Crippen molar-refractivity contribution >= 4 is 0 Å². The van der Waals surface area contributed by atoms with Crippen LogP contribution in [0.5, 0.6) is 0 Å². The van der Waals surface area contributed by atoms with Crippen molar-refractivity contribution in [2.24, 2.45) is 17.3 Å². The average molecular weight is 233 g/mol. The van der Waals surface area contributed by atoms with Gasteiger partial charge in [0.05, 0.1) is 6.07 Å². The molecule has 0 rings (SSSR count). The molecule has 96 valence electrons. The first-order valence-corrected chi connectivity index (χ1v) is 6.51. The minimum absolute atomic E-state index is 0.0653. The summed E-state index contributed by atoms with van der Waals surface area (Å²) in [7, 11) is 0. The summed E-state index contributed by atoms with van der Waals surface area (Å²) < 4.78 is 0. The predicted molar refractivity (Wildman–Crippen MR) is 75.5 cm³/mol. The predicted octanol–water partition coefficient (Wildman–Crippen LogP) is 5.11. The van der Waals surface area contributed by atoms with Crippen LogP contribution >= 0.6 is 0 Å². The Kier molecular flexibility index (Phi) is 6.88. The SMILES string of the molecule is C=C[C@](C)(CCC=C(C)C)[C@H](CC#N)C(C)C. The third kappa shape index (κ3) is 5.22. The molecule has 0 aromatic heterocycles. The summed E-state index contributed by atoms with van der Waals surface area (Å²) >= 11 is 0. The molecule has 0 spiro atoms. The van der Waals surface area contributed by atoms with E-state index in [1.165, 1.54) is 5.57 Å². The van der Waals surface area contributed by atoms with Crippen molar-refractivity contribution < 1.29 is 0 Å². The Bertz CT molecular complexity index is 302. The normalized spacial score (nSPS) is 15.8. The van der Waals surface area contributed by atoms with Crippen LogP contribution in [-0.2, 0) is 0 Å². The van der Waals surface area contributed by atoms with Gasteiger partial charge in [-0.1, -0.05) is 38.5 Å². The van der Waals surface area contributed by atoms with Crippen LogP contribution < -0.4 is 0 Å². The second-order valence-electron chi connectivity index (χ2n) is 5.74. The van der Waals surface area contributed by atoms with Gasteiger partial charge in [0.25, 0.3) is 0 Å². The molecule has 0 aliphatic rings. The van der Waals surface area contributed by atoms with E-state index in [9.17, 15) is 0 Å². The van der Waals surface area contributed by atoms with Crippen LogP contribution in [0.2, 0.25) is 0 Å². The van der Waals surface area contributed by atoms with Gasteiger partial charge in [-0.25, -0.2) is 0 Å². The van der Waals surface area contributed by atoms with Crippen LogP contribution in [0.3, 0.4) is 0 Å². The lowest BCUT2D eigenvalue weighted by molar-refractivity contribution is 0.182. The number of hydrogen-bond acceptors (Lipinski definition) is 1. The van der Waals surface area contributed by atoms with Crippen molar-refractivity contribution in [3.05, 3.63) is 24.3 Å². The van der Waals surface area contributed by atoms with Gasteiger partial charge in [0.1, 0.15) is 0 Å². The Balaban J connectivity index is 4.78. The van der Waals surface area contributed by atoms with Crippen LogP contribution in [0.15, 0.2) is 24.3 Å². The van der Waals surface area contributed by atoms with Crippen LogP contribution in [0.1, 0.15) is 53.9 Å². The molecule has 0 saturated heterocycles. The second kappa shape index (κ2) is 7.33. The van der Waals surface area contributed by atoms with E-state index in [1.807, 2.05) is 6.08 Å². The first kappa shape index (κ1) is 16.0. The molecule has 0 aromatic carbocycles. The maximum absolute atomic E-state index is 8.96. The lowest BCUT2D eigenvalue weighted by atomic mass is 9.68. The monoisotopic (exact) mass is 233 g/mol. The number of nitrogens with zero attached hydrogens (tertiary/aromatic N) is 1. The van der Waals surface area contributed by atoms with Gasteiger partial charge in [-0.2, -0.15) is 5.26 Å². The van der Waals surface area contributed by atoms with E-state index in [0.29, 0.717) is 18.3 Å². The highest BCUT2D eigenvalue weighted by molar-refractivity contribution is 5.02. The van der Waals surface area contributed by atoms with Crippen LogP contribution in [0.25, 0.3) is 0 Å². The van der Waals surface area contributed by atoms with Crippen molar-refractivity contribution in [2.45, 2.75) is 53.9 Å². The summed E-state index contributed by atoms with van der Waals surface area (Å²) in [6.45, 7) is 14.9. The third-order valence-electron chi connectivity index (χ3n) is 3.66. The Morgan fingerprint density at radius 3 is 2.35 bits per heavy atom. The molecule has 0 heterocycles. The zero-order chi connectivity index (χ0) is 13.5. The number of allylic oxidation sites excluding steroid dienone is 3. The molecule has 0 radical (unpaired) electrons. The largest absolute Gasteiger partial charge is 0.198 e. The van der Waals surface area contributed by atoms with Crippen molar-refractivity contribution in [1.82, 2.24) is 0 Å². The number of nitriles is 1. The highest BCUT2D eigenvalue weighted by Gasteiger charge is 2.32. The van der Waals surface area contributed by atoms with Gasteiger partial charge in [-0.3, -0.25) is 0 Å². The molecule has 2 atom stereocenters. The van der Waals surface area contributed by atoms with E-state index in [2.05, 4.69) is 53.3 Å². The highest BCUT2D eigenvalue weighted by atomic mass is 14.4. The van der Waals surface area contributed by atoms with Crippen molar-refractivity contribution in [3.63, 3.8) is 0 Å². The molecule has 0 unspecified atom stereocenters. The fourth-order valence-electron chi connectivity index (χ4n) is 2.44. The maximum Gasteiger partial charge on any atom is 0.0625 e. The molecule has 0 amide bonds. The second-order valence-corrected chi connectivity index (χ2v) is 5.74. The number of hydrogen-bond donors (Lipinski definition) is 0. The van der Waals surface area contributed by atoms with E-state index < -0.39 is 0 Å². The first-order valence-electron chi connectivity index (χ1n) is 6.51. The zero-order valence-corrected chi connectivity index (χ0v) is 12.1. The number of rotatable bonds is 7. The van der Waals surface area contributed by atoms with Crippen molar-refractivity contribution in [1.29, 1.82) is 5.26 Å². The van der Waals surface area contributed by atoms with Crippen molar-refractivity contribution in [2.75, 3.05) is 0 Å². The molecule has 0 aromatic rings. The van der Waals surface area contributed by atoms with Gasteiger partial charge >= 0.3 is 0 Å². The van der Waals surface area contributed by atoms with Gasteiger partial charge in [0.15, 0.2) is 0 Å². The third-order valence-corrected chi connectivity index (χ3v) is 3.66. The lowest BCUT2D eigenvalue weighted by Gasteiger charge is -2.36. The summed E-state index contributed by atoms with van der Waals surface area (Å²) in [6, 6.07) is 2.33. The molecule has 0 aliphatic carbocycles. The Morgan fingerprint density at radius 1 is 1.41 bits per heavy atom. The molecular weight excluding hydrogens is 206 g/mol. The standard InChI is InChI=1S/C16H27N/c1-7-16(6,11-8-9-13(2)3)15(10-12-17)14(4)5/h7,9,14-15H,1,8,10-11H2,2-6H3/t15-,16-/m1/s1. The average Bonchev–Trinajstić information content (AvgIpc) is 2.24. The van der Waals surface area contributed by atoms with Crippen LogP contribution in [-0.4, -0.2) is 0 Å². The lowest BCUT2D eigenvalue weighted by Crippen LogP contribution is -2.29. The summed E-state index contributed by atoms with van der Waals surface area (Å²) in [4.78, 5) is 0. The molecule has 1 heteroatoms. The highest BCUT2D eigenvalue weighted by Crippen LogP contribution is 2.40. The van der Waals surface area contributed by atoms with Gasteiger partial charge in [-0.15, -0.1) is 6.58 Å². The van der Waals surface area contributed by atoms with E-state index in [1.54, 1.807) is 0 Å². The molecule has 0 N–H and O–H groups in total. The maximum atomic E-state index is 8.96. The zero-order valence-electron chi connectivity index (χ0n) is 12.1. The van der Waals surface area contributed by atoms with Crippen molar-refractivity contribution in [3.8, 4) is 6.07 Å². The van der Waals surface area contributed by atoms with E-state index in [4.69, 9.17) is 5.26 Å². The van der Waals surface area contributed by atoms with Gasteiger partial charge in [0, 0.05) is 6.42 Å². The fraction of sp³-hybridized carbons (Fsp3) is 0.688. The molecule has 0 aliphatic heterocycles. The van der Waals surface area contributed by atoms with Crippen LogP contribution in [0.4, 0.5) is 0 Å². The summed E-state index contributed by atoms with van der Waals surface area (Å²) in [6.07, 6.45) is 7.08. The molecule has 1 nitrogen and oxygen atoms in total. The van der Waals surface area contributed by atoms with Gasteiger partial charge in [-0.05, 0) is 43.9 Å². The summed E-state index contributed by atoms with van der Waals surface area (Å²) in [5.74, 6) is 0.917. The van der Waals surface area contributed by atoms with E-state index in [-0.39, 0.29) is 5.41 Å². The quantitative estimate of drug-likeness (QED) is 0.560. The molecule has 17 heavy (non-hydrogen) atoms. The molecule has 0 fully saturated rings. The Hall–Kier alpha value is -1.03. The van der Waals surface area contributed by atoms with Gasteiger partial charge in [0.2, 0.25) is 0 Å². The first-order chi connectivity index (χ1) is 7.87. The molecule has 0 bridgehead atoms. The van der Waals surface area contributed by atoms with E-state index in [0.717, 1.165) is 12.8 Å². The molecule has 0 saturated carbocycles. The minimum atomic E-state index is 0.0653. The van der Waals surface area contributed by atoms with E-state index >= 15 is 0 Å². The Labute approximate surface area is 107 Å². The molecular formula is C16H27N. The minimum Gasteiger partial charge on any atom is -0.198 e. The fourth-order valence-corrected chi connectivity index (χ4v) is 2.44. The summed E-state index contributed by atoms with van der Waals surface area (Å²) in [5.41, 5.74) is 1.42. The van der Waals surface area contributed by atoms with Gasteiger partial charge < -0.3 is 0 Å².